The lowest BCUT2D eigenvalue weighted by Gasteiger charge is -2.07. The number of tetrazole rings is 1. The third kappa shape index (κ3) is 2.10. The van der Waals surface area contributed by atoms with Crippen molar-refractivity contribution < 1.29 is 0 Å². The van der Waals surface area contributed by atoms with Crippen LogP contribution in [0.5, 0.6) is 0 Å². The number of pyridine rings is 1. The van der Waals surface area contributed by atoms with Crippen molar-refractivity contribution in [1.29, 1.82) is 0 Å². The van der Waals surface area contributed by atoms with Gasteiger partial charge in [0.1, 0.15) is 0 Å². The molecule has 0 radical (unpaired) electrons. The highest BCUT2D eigenvalue weighted by Gasteiger charge is 2.03. The maximum Gasteiger partial charge on any atom is 0.193 e. The Hall–Kier alpha value is -2.21. The SMILES string of the molecule is Clc1ccc2c(NCc3nn[nH]n3)ccnc2c1. The summed E-state index contributed by atoms with van der Waals surface area (Å²) in [6.07, 6.45) is 1.73. The predicted molar refractivity (Wildman–Crippen MR) is 68.3 cm³/mol. The molecule has 3 aromatic rings. The summed E-state index contributed by atoms with van der Waals surface area (Å²) in [6.45, 7) is 0.498. The number of hydrogen-bond acceptors (Lipinski definition) is 5. The van der Waals surface area contributed by atoms with Gasteiger partial charge < -0.3 is 5.32 Å². The first-order chi connectivity index (χ1) is 8.83. The summed E-state index contributed by atoms with van der Waals surface area (Å²) in [6, 6.07) is 7.50. The van der Waals surface area contributed by atoms with Crippen LogP contribution in [-0.2, 0) is 6.54 Å². The summed E-state index contributed by atoms with van der Waals surface area (Å²) in [5, 5.41) is 18.6. The van der Waals surface area contributed by atoms with Gasteiger partial charge in [-0.3, -0.25) is 4.98 Å². The van der Waals surface area contributed by atoms with Gasteiger partial charge >= 0.3 is 0 Å². The molecule has 2 N–H and O–H groups in total. The first kappa shape index (κ1) is 10.9. The molecule has 0 aliphatic heterocycles. The minimum Gasteiger partial charge on any atom is -0.377 e. The number of H-pyrrole nitrogens is 1. The number of hydrogen-bond donors (Lipinski definition) is 2. The third-order valence-corrected chi connectivity index (χ3v) is 2.77. The van der Waals surface area contributed by atoms with E-state index in [-0.39, 0.29) is 0 Å². The maximum atomic E-state index is 5.94. The lowest BCUT2D eigenvalue weighted by atomic mass is 10.2. The monoisotopic (exact) mass is 260 g/mol. The molecule has 0 amide bonds. The van der Waals surface area contributed by atoms with E-state index in [2.05, 4.69) is 30.9 Å². The van der Waals surface area contributed by atoms with Gasteiger partial charge in [0, 0.05) is 22.3 Å². The molecule has 2 aromatic heterocycles. The number of nitrogens with one attached hydrogen (secondary N) is 2. The van der Waals surface area contributed by atoms with E-state index in [1.807, 2.05) is 24.3 Å². The number of nitrogens with zero attached hydrogens (tertiary/aromatic N) is 4. The van der Waals surface area contributed by atoms with Crippen molar-refractivity contribution >= 4 is 28.2 Å². The highest BCUT2D eigenvalue weighted by molar-refractivity contribution is 6.31. The van der Waals surface area contributed by atoms with E-state index in [1.54, 1.807) is 6.20 Å². The first-order valence-electron chi connectivity index (χ1n) is 5.33. The van der Waals surface area contributed by atoms with Gasteiger partial charge in [-0.15, -0.1) is 10.2 Å². The smallest absolute Gasteiger partial charge is 0.193 e. The highest BCUT2D eigenvalue weighted by Crippen LogP contribution is 2.24. The van der Waals surface area contributed by atoms with Crippen LogP contribution in [0.3, 0.4) is 0 Å². The standard InChI is InChI=1S/C11H9ClN6/c12-7-1-2-8-9(3-4-13-10(8)5-7)14-6-11-15-17-18-16-11/h1-5H,6H2,(H,13,14)(H,15,16,17,18). The lowest BCUT2D eigenvalue weighted by Crippen LogP contribution is -2.02. The zero-order chi connectivity index (χ0) is 12.4. The fraction of sp³-hybridized carbons (Fsp3) is 0.0909. The Bertz CT molecular complexity index is 666. The van der Waals surface area contributed by atoms with Crippen LogP contribution in [0.25, 0.3) is 10.9 Å². The second kappa shape index (κ2) is 4.58. The molecule has 0 saturated carbocycles. The topological polar surface area (TPSA) is 79.4 Å². The van der Waals surface area contributed by atoms with Crippen molar-refractivity contribution in [2.24, 2.45) is 0 Å². The van der Waals surface area contributed by atoms with Crippen LogP contribution in [0.15, 0.2) is 30.5 Å². The fourth-order valence-corrected chi connectivity index (χ4v) is 1.87. The fourth-order valence-electron chi connectivity index (χ4n) is 1.71. The van der Waals surface area contributed by atoms with Gasteiger partial charge in [0.25, 0.3) is 0 Å². The molecule has 1 aromatic carbocycles. The van der Waals surface area contributed by atoms with Gasteiger partial charge in [-0.2, -0.15) is 5.21 Å². The van der Waals surface area contributed by atoms with Gasteiger partial charge in [0.05, 0.1) is 12.1 Å². The van der Waals surface area contributed by atoms with E-state index in [0.717, 1.165) is 16.6 Å². The highest BCUT2D eigenvalue weighted by atomic mass is 35.5. The average molecular weight is 261 g/mol. The number of benzene rings is 1. The first-order valence-corrected chi connectivity index (χ1v) is 5.71. The summed E-state index contributed by atoms with van der Waals surface area (Å²) in [5.74, 6) is 0.605. The van der Waals surface area contributed by atoms with Gasteiger partial charge in [0.2, 0.25) is 0 Å². The molecule has 7 heteroatoms. The molecule has 2 heterocycles. The van der Waals surface area contributed by atoms with Gasteiger partial charge in [0.15, 0.2) is 5.82 Å². The number of anilines is 1. The summed E-state index contributed by atoms with van der Waals surface area (Å²) in [4.78, 5) is 4.27. The van der Waals surface area contributed by atoms with Crippen LogP contribution < -0.4 is 5.32 Å². The number of rotatable bonds is 3. The molecule has 0 aliphatic carbocycles. The zero-order valence-electron chi connectivity index (χ0n) is 9.26. The van der Waals surface area contributed by atoms with E-state index in [1.165, 1.54) is 0 Å². The number of fused-ring (bicyclic) bond motifs is 1. The summed E-state index contributed by atoms with van der Waals surface area (Å²) in [7, 11) is 0. The van der Waals surface area contributed by atoms with E-state index in [0.29, 0.717) is 17.4 Å². The molecule has 0 fully saturated rings. The van der Waals surface area contributed by atoms with Crippen molar-refractivity contribution in [2.45, 2.75) is 6.54 Å². The Kier molecular flexibility index (Phi) is 2.77. The van der Waals surface area contributed by atoms with E-state index >= 15 is 0 Å². The number of aromatic amines is 1. The zero-order valence-corrected chi connectivity index (χ0v) is 10.0. The van der Waals surface area contributed by atoms with Crippen molar-refractivity contribution in [1.82, 2.24) is 25.6 Å². The van der Waals surface area contributed by atoms with Gasteiger partial charge in [-0.25, -0.2) is 0 Å². The normalized spacial score (nSPS) is 10.7. The third-order valence-electron chi connectivity index (χ3n) is 2.53. The Morgan fingerprint density at radius 2 is 2.22 bits per heavy atom. The molecule has 0 unspecified atom stereocenters. The van der Waals surface area contributed by atoms with Crippen LogP contribution in [0.2, 0.25) is 5.02 Å². The van der Waals surface area contributed by atoms with Crippen LogP contribution in [0.4, 0.5) is 5.69 Å². The molecule has 3 rings (SSSR count). The molecule has 90 valence electrons. The van der Waals surface area contributed by atoms with Crippen molar-refractivity contribution in [3.63, 3.8) is 0 Å². The molecule has 0 bridgehead atoms. The molecule has 6 nitrogen and oxygen atoms in total. The van der Waals surface area contributed by atoms with Crippen molar-refractivity contribution in [3.8, 4) is 0 Å². The van der Waals surface area contributed by atoms with Crippen LogP contribution in [0, 0.1) is 0 Å². The maximum absolute atomic E-state index is 5.94. The molecule has 0 aliphatic rings. The lowest BCUT2D eigenvalue weighted by molar-refractivity contribution is 0.881. The molecular weight excluding hydrogens is 252 g/mol. The quantitative estimate of drug-likeness (QED) is 0.753. The Morgan fingerprint density at radius 1 is 1.28 bits per heavy atom. The number of aromatic nitrogens is 5. The van der Waals surface area contributed by atoms with E-state index < -0.39 is 0 Å². The Morgan fingerprint density at radius 3 is 3.06 bits per heavy atom. The van der Waals surface area contributed by atoms with Crippen LogP contribution in [-0.4, -0.2) is 25.6 Å². The summed E-state index contributed by atoms with van der Waals surface area (Å²) < 4.78 is 0. The van der Waals surface area contributed by atoms with Crippen molar-refractivity contribution in [3.05, 3.63) is 41.3 Å². The number of halogens is 1. The van der Waals surface area contributed by atoms with Gasteiger partial charge in [-0.05, 0) is 24.3 Å². The van der Waals surface area contributed by atoms with E-state index in [4.69, 9.17) is 11.6 Å². The second-order valence-corrected chi connectivity index (χ2v) is 4.14. The second-order valence-electron chi connectivity index (χ2n) is 3.70. The molecule has 0 spiro atoms. The average Bonchev–Trinajstić information content (AvgIpc) is 2.89. The Balaban J connectivity index is 1.92. The van der Waals surface area contributed by atoms with Gasteiger partial charge in [-0.1, -0.05) is 16.8 Å². The minimum absolute atomic E-state index is 0.498. The Labute approximate surface area is 107 Å². The molecule has 0 atom stereocenters. The van der Waals surface area contributed by atoms with Crippen LogP contribution >= 0.6 is 11.6 Å². The molecule has 0 saturated heterocycles. The van der Waals surface area contributed by atoms with Crippen molar-refractivity contribution in [2.75, 3.05) is 5.32 Å². The predicted octanol–water partition coefficient (Wildman–Crippen LogP) is 2.01. The van der Waals surface area contributed by atoms with E-state index in [9.17, 15) is 0 Å². The molecule has 18 heavy (non-hydrogen) atoms. The largest absolute Gasteiger partial charge is 0.377 e. The van der Waals surface area contributed by atoms with Crippen LogP contribution in [0.1, 0.15) is 5.82 Å². The molecular formula is C11H9ClN6. The summed E-state index contributed by atoms with van der Waals surface area (Å²) >= 11 is 5.94. The summed E-state index contributed by atoms with van der Waals surface area (Å²) in [5.41, 5.74) is 1.81. The minimum atomic E-state index is 0.498.